The average Bonchev–Trinajstić information content (AvgIpc) is 3.41. The van der Waals surface area contributed by atoms with Gasteiger partial charge in [-0.05, 0) is 60.1 Å². The molecule has 9 heteroatoms. The fraction of sp³-hybridized carbons (Fsp3) is 0.435. The van der Waals surface area contributed by atoms with E-state index in [9.17, 15) is 26.4 Å². The maximum atomic E-state index is 14.5. The van der Waals surface area contributed by atoms with Gasteiger partial charge >= 0.3 is 0 Å². The molecule has 1 fully saturated rings. The van der Waals surface area contributed by atoms with Crippen molar-refractivity contribution in [2.75, 3.05) is 11.0 Å². The Balaban J connectivity index is 1.67. The molecule has 3 atom stereocenters. The third-order valence-corrected chi connectivity index (χ3v) is 6.11. The Hall–Kier alpha value is -2.55. The van der Waals surface area contributed by atoms with Gasteiger partial charge in [-0.1, -0.05) is 26.8 Å². The van der Waals surface area contributed by atoms with E-state index in [1.807, 2.05) is 0 Å². The van der Waals surface area contributed by atoms with Crippen LogP contribution in [0, 0.1) is 23.4 Å². The van der Waals surface area contributed by atoms with E-state index in [-0.39, 0.29) is 23.1 Å². The molecule has 2 aromatic rings. The lowest BCUT2D eigenvalue weighted by molar-refractivity contribution is -0.123. The minimum Gasteiger partial charge on any atom is -0.349 e. The van der Waals surface area contributed by atoms with Crippen molar-refractivity contribution in [1.82, 2.24) is 5.32 Å². The highest BCUT2D eigenvalue weighted by Gasteiger charge is 2.45. The molecule has 2 N–H and O–H groups in total. The number of carbonyl (C=O) groups is 1. The summed E-state index contributed by atoms with van der Waals surface area (Å²) in [4.78, 5) is 12.6. The Bertz CT molecular complexity index is 1140. The van der Waals surface area contributed by atoms with Crippen molar-refractivity contribution in [3.8, 4) is 0 Å². The number of anilines is 1. The lowest BCUT2D eigenvalue weighted by atomic mass is 9.85. The summed E-state index contributed by atoms with van der Waals surface area (Å²) in [5.41, 5.74) is 0.0679. The number of amides is 1. The molecule has 5 nitrogen and oxygen atoms in total. The van der Waals surface area contributed by atoms with E-state index in [4.69, 9.17) is 0 Å². The molecule has 1 amide bonds. The topological polar surface area (TPSA) is 75.3 Å². The first kappa shape index (κ1) is 24.1. The Morgan fingerprint density at radius 2 is 1.66 bits per heavy atom. The first-order valence-electron chi connectivity index (χ1n) is 10.2. The van der Waals surface area contributed by atoms with Gasteiger partial charge in [-0.3, -0.25) is 9.52 Å². The second-order valence-electron chi connectivity index (χ2n) is 9.40. The van der Waals surface area contributed by atoms with Gasteiger partial charge in [-0.25, -0.2) is 21.6 Å². The van der Waals surface area contributed by atoms with Crippen molar-refractivity contribution in [2.24, 2.45) is 5.92 Å². The van der Waals surface area contributed by atoms with E-state index in [2.05, 4.69) is 10.0 Å². The highest BCUT2D eigenvalue weighted by molar-refractivity contribution is 7.92. The molecule has 32 heavy (non-hydrogen) atoms. The van der Waals surface area contributed by atoms with Crippen molar-refractivity contribution in [3.05, 3.63) is 64.5 Å². The highest BCUT2D eigenvalue weighted by Crippen LogP contribution is 2.48. The molecule has 0 saturated heterocycles. The van der Waals surface area contributed by atoms with Crippen LogP contribution < -0.4 is 10.0 Å². The Labute approximate surface area is 186 Å². The molecule has 0 bridgehead atoms. The van der Waals surface area contributed by atoms with Gasteiger partial charge in [-0.15, -0.1) is 0 Å². The molecule has 3 rings (SSSR count). The minimum atomic E-state index is -3.62. The zero-order chi connectivity index (χ0) is 24.0. The van der Waals surface area contributed by atoms with Gasteiger partial charge in [0.15, 0.2) is 0 Å². The van der Waals surface area contributed by atoms with Crippen LogP contribution in [-0.4, -0.2) is 20.6 Å². The molecule has 0 spiro atoms. The number of carbonyl (C=O) groups excluding carboxylic acids is 1. The molecule has 0 aromatic heterocycles. The van der Waals surface area contributed by atoms with Gasteiger partial charge in [0.05, 0.1) is 18.0 Å². The summed E-state index contributed by atoms with van der Waals surface area (Å²) in [6.07, 6.45) is 1.39. The fourth-order valence-electron chi connectivity index (χ4n) is 3.86. The van der Waals surface area contributed by atoms with E-state index in [0.717, 1.165) is 12.3 Å². The maximum Gasteiger partial charge on any atom is 0.229 e. The van der Waals surface area contributed by atoms with E-state index in [1.165, 1.54) is 24.3 Å². The Kier molecular flexibility index (Phi) is 6.34. The molecule has 1 saturated carbocycles. The van der Waals surface area contributed by atoms with Crippen molar-refractivity contribution in [1.29, 1.82) is 0 Å². The highest BCUT2D eigenvalue weighted by atomic mass is 32.2. The van der Waals surface area contributed by atoms with Crippen LogP contribution in [0.15, 0.2) is 30.3 Å². The predicted octanol–water partition coefficient (Wildman–Crippen LogP) is 4.75. The smallest absolute Gasteiger partial charge is 0.229 e. The first-order chi connectivity index (χ1) is 14.7. The summed E-state index contributed by atoms with van der Waals surface area (Å²) in [6.45, 7) is 6.87. The number of halogens is 3. The molecule has 0 radical (unpaired) electrons. The third-order valence-electron chi connectivity index (χ3n) is 5.52. The number of hydrogen-bond donors (Lipinski definition) is 2. The summed E-state index contributed by atoms with van der Waals surface area (Å²) < 4.78 is 67.9. The molecule has 2 aromatic carbocycles. The van der Waals surface area contributed by atoms with Crippen LogP contribution in [0.2, 0.25) is 0 Å². The number of benzene rings is 2. The summed E-state index contributed by atoms with van der Waals surface area (Å²) in [7, 11) is -3.62. The normalized spacial score (nSPS) is 19.4. The first-order valence-corrected chi connectivity index (χ1v) is 12.1. The average molecular weight is 469 g/mol. The van der Waals surface area contributed by atoms with Crippen LogP contribution >= 0.6 is 0 Å². The van der Waals surface area contributed by atoms with E-state index < -0.39 is 44.8 Å². The minimum absolute atomic E-state index is 0.0207. The largest absolute Gasteiger partial charge is 0.349 e. The Morgan fingerprint density at radius 3 is 2.16 bits per heavy atom. The maximum absolute atomic E-state index is 14.5. The lowest BCUT2D eigenvalue weighted by Gasteiger charge is -2.21. The van der Waals surface area contributed by atoms with E-state index in [1.54, 1.807) is 27.7 Å². The molecular formula is C23H27F3N2O3S. The molecular weight excluding hydrogens is 441 g/mol. The molecule has 174 valence electrons. The summed E-state index contributed by atoms with van der Waals surface area (Å²) in [5, 5.41) is 2.79. The van der Waals surface area contributed by atoms with Crippen LogP contribution in [0.4, 0.5) is 18.9 Å². The third kappa shape index (κ3) is 5.43. The Morgan fingerprint density at radius 1 is 1.06 bits per heavy atom. The zero-order valence-electron chi connectivity index (χ0n) is 18.6. The van der Waals surface area contributed by atoms with Gasteiger partial charge in [-0.2, -0.15) is 0 Å². The van der Waals surface area contributed by atoms with Crippen LogP contribution in [0.3, 0.4) is 0 Å². The zero-order valence-corrected chi connectivity index (χ0v) is 19.4. The number of sulfonamides is 1. The second-order valence-corrected chi connectivity index (χ2v) is 11.2. The van der Waals surface area contributed by atoms with Crippen molar-refractivity contribution in [2.45, 2.75) is 51.5 Å². The number of rotatable bonds is 6. The lowest BCUT2D eigenvalue weighted by Crippen LogP contribution is -2.28. The monoisotopic (exact) mass is 468 g/mol. The van der Waals surface area contributed by atoms with Crippen molar-refractivity contribution in [3.63, 3.8) is 0 Å². The second kappa shape index (κ2) is 8.42. The summed E-state index contributed by atoms with van der Waals surface area (Å²) >= 11 is 0. The summed E-state index contributed by atoms with van der Waals surface area (Å²) in [5.74, 6) is -2.99. The SMILES string of the molecule is C[C@@H](NC(=O)[C@H]1C[C@@H]1c1cc(F)c(C(C)(C)C)c(F)c1)c1ccc(NS(C)(=O)=O)c(F)c1. The van der Waals surface area contributed by atoms with Crippen molar-refractivity contribution >= 4 is 21.6 Å². The van der Waals surface area contributed by atoms with Gasteiger partial charge < -0.3 is 5.32 Å². The van der Waals surface area contributed by atoms with Gasteiger partial charge in [0.2, 0.25) is 15.9 Å². The van der Waals surface area contributed by atoms with Gasteiger partial charge in [0, 0.05) is 11.5 Å². The summed E-state index contributed by atoms with van der Waals surface area (Å²) in [6, 6.07) is 6.02. The van der Waals surface area contributed by atoms with E-state index >= 15 is 0 Å². The molecule has 0 aliphatic heterocycles. The number of nitrogens with one attached hydrogen (secondary N) is 2. The fourth-order valence-corrected chi connectivity index (χ4v) is 4.43. The standard InChI is InChI=1S/C23H27F3N2O3S/c1-12(13-6-7-20(17(24)8-13)28-32(5,30)31)27-22(29)16-11-15(16)14-9-18(25)21(19(26)10-14)23(2,3)4/h6-10,12,15-16,28H,11H2,1-5H3,(H,27,29)/t12-,15-,16+/m1/s1. The van der Waals surface area contributed by atoms with Gasteiger partial charge in [0.25, 0.3) is 0 Å². The molecule has 1 aliphatic carbocycles. The van der Waals surface area contributed by atoms with Crippen molar-refractivity contribution < 1.29 is 26.4 Å². The number of hydrogen-bond acceptors (Lipinski definition) is 3. The van der Waals surface area contributed by atoms with E-state index in [0.29, 0.717) is 17.5 Å². The van der Waals surface area contributed by atoms with Crippen LogP contribution in [0.5, 0.6) is 0 Å². The molecule has 0 unspecified atom stereocenters. The molecule has 1 aliphatic rings. The molecule has 0 heterocycles. The van der Waals surface area contributed by atoms with Crippen LogP contribution in [0.25, 0.3) is 0 Å². The quantitative estimate of drug-likeness (QED) is 0.642. The predicted molar refractivity (Wildman–Crippen MR) is 117 cm³/mol. The van der Waals surface area contributed by atoms with Crippen LogP contribution in [0.1, 0.15) is 62.8 Å². The van der Waals surface area contributed by atoms with Crippen LogP contribution in [-0.2, 0) is 20.2 Å². The van der Waals surface area contributed by atoms with Gasteiger partial charge in [0.1, 0.15) is 17.5 Å².